The van der Waals surface area contributed by atoms with Crippen molar-refractivity contribution < 1.29 is 19.1 Å². The molecule has 3 aromatic carbocycles. The first kappa shape index (κ1) is 22.9. The molecule has 0 saturated heterocycles. The molecule has 6 heteroatoms. The predicted molar refractivity (Wildman–Crippen MR) is 127 cm³/mol. The Labute approximate surface area is 188 Å². The van der Waals surface area contributed by atoms with Crippen LogP contribution in [0.5, 0.6) is 11.5 Å². The molecule has 0 saturated carbocycles. The summed E-state index contributed by atoms with van der Waals surface area (Å²) in [6, 6.07) is 19.7. The van der Waals surface area contributed by atoms with E-state index < -0.39 is 6.10 Å². The molecule has 0 spiro atoms. The van der Waals surface area contributed by atoms with Gasteiger partial charge < -0.3 is 20.1 Å². The fourth-order valence-electron chi connectivity index (χ4n) is 3.25. The normalized spacial score (nSPS) is 11.4. The third-order valence-electron chi connectivity index (χ3n) is 5.13. The number of aryl methyl sites for hydroxylation is 2. The number of methoxy groups -OCH3 is 1. The predicted octanol–water partition coefficient (Wildman–Crippen LogP) is 5.22. The van der Waals surface area contributed by atoms with Gasteiger partial charge in [0.25, 0.3) is 11.8 Å². The molecule has 2 N–H and O–H groups in total. The van der Waals surface area contributed by atoms with Crippen LogP contribution >= 0.6 is 0 Å². The molecule has 3 aromatic rings. The Hall–Kier alpha value is -3.80. The van der Waals surface area contributed by atoms with Gasteiger partial charge in [0.1, 0.15) is 11.5 Å². The quantitative estimate of drug-likeness (QED) is 0.511. The Morgan fingerprint density at radius 2 is 1.56 bits per heavy atom. The zero-order valence-electron chi connectivity index (χ0n) is 18.8. The summed E-state index contributed by atoms with van der Waals surface area (Å²) in [5, 5.41) is 5.81. The van der Waals surface area contributed by atoms with Crippen molar-refractivity contribution in [1.82, 2.24) is 0 Å². The van der Waals surface area contributed by atoms with E-state index in [-0.39, 0.29) is 11.8 Å². The Morgan fingerprint density at radius 3 is 2.19 bits per heavy atom. The van der Waals surface area contributed by atoms with Crippen molar-refractivity contribution in [2.75, 3.05) is 17.7 Å². The van der Waals surface area contributed by atoms with E-state index in [1.807, 2.05) is 25.1 Å². The maximum atomic E-state index is 12.7. The van der Waals surface area contributed by atoms with Crippen LogP contribution in [0.15, 0.2) is 66.7 Å². The highest BCUT2D eigenvalue weighted by Crippen LogP contribution is 2.22. The van der Waals surface area contributed by atoms with Crippen molar-refractivity contribution in [2.24, 2.45) is 0 Å². The second kappa shape index (κ2) is 10.5. The lowest BCUT2D eigenvalue weighted by Crippen LogP contribution is -2.30. The van der Waals surface area contributed by atoms with Gasteiger partial charge in [0.05, 0.1) is 7.11 Å². The van der Waals surface area contributed by atoms with E-state index in [1.165, 1.54) is 0 Å². The lowest BCUT2D eigenvalue weighted by Gasteiger charge is -2.18. The van der Waals surface area contributed by atoms with Crippen molar-refractivity contribution in [3.8, 4) is 11.5 Å². The van der Waals surface area contributed by atoms with Gasteiger partial charge >= 0.3 is 0 Å². The minimum Gasteiger partial charge on any atom is -0.497 e. The van der Waals surface area contributed by atoms with Crippen LogP contribution in [0.1, 0.15) is 35.3 Å². The summed E-state index contributed by atoms with van der Waals surface area (Å²) >= 11 is 0. The van der Waals surface area contributed by atoms with Crippen molar-refractivity contribution >= 4 is 23.2 Å². The summed E-state index contributed by atoms with van der Waals surface area (Å²) in [5.74, 6) is 0.764. The van der Waals surface area contributed by atoms with Crippen molar-refractivity contribution in [2.45, 2.75) is 33.3 Å². The molecule has 166 valence electrons. The summed E-state index contributed by atoms with van der Waals surface area (Å²) in [7, 11) is 1.59. The summed E-state index contributed by atoms with van der Waals surface area (Å²) in [6.07, 6.45) is 0.130. The van der Waals surface area contributed by atoms with Gasteiger partial charge in [-0.25, -0.2) is 0 Å². The molecular weight excluding hydrogens is 404 g/mol. The minimum atomic E-state index is -0.696. The number of hydrogen-bond donors (Lipinski definition) is 2. The third kappa shape index (κ3) is 5.66. The van der Waals surface area contributed by atoms with Crippen LogP contribution in [0.2, 0.25) is 0 Å². The largest absolute Gasteiger partial charge is 0.497 e. The Morgan fingerprint density at radius 1 is 0.906 bits per heavy atom. The Kier molecular flexibility index (Phi) is 7.49. The van der Waals surface area contributed by atoms with Crippen LogP contribution in [0.3, 0.4) is 0 Å². The highest BCUT2D eigenvalue weighted by Gasteiger charge is 2.17. The number of amides is 2. The van der Waals surface area contributed by atoms with E-state index in [1.54, 1.807) is 62.6 Å². The van der Waals surface area contributed by atoms with Crippen LogP contribution < -0.4 is 20.1 Å². The number of para-hydroxylation sites is 1. The molecule has 32 heavy (non-hydrogen) atoms. The molecule has 2 amide bonds. The molecule has 3 rings (SSSR count). The number of rotatable bonds is 8. The Bertz CT molecular complexity index is 1080. The SMILES string of the molecule is CCc1cccc(C)c1NC(=O)[C@H](C)Oc1ccc(C(=O)Nc2ccc(OC)cc2)cc1. The molecule has 0 aromatic heterocycles. The van der Waals surface area contributed by atoms with Crippen molar-refractivity contribution in [3.63, 3.8) is 0 Å². The number of carbonyl (C=O) groups is 2. The van der Waals surface area contributed by atoms with Gasteiger partial charge in [0, 0.05) is 16.9 Å². The average Bonchev–Trinajstić information content (AvgIpc) is 2.81. The van der Waals surface area contributed by atoms with Gasteiger partial charge in [0.2, 0.25) is 0 Å². The molecule has 0 fully saturated rings. The first-order valence-electron chi connectivity index (χ1n) is 10.5. The number of ether oxygens (including phenoxy) is 2. The van der Waals surface area contributed by atoms with Gasteiger partial charge in [-0.3, -0.25) is 9.59 Å². The number of carbonyl (C=O) groups excluding carboxylic acids is 2. The zero-order valence-corrected chi connectivity index (χ0v) is 18.8. The molecule has 0 bridgehead atoms. The van der Waals surface area contributed by atoms with Crippen LogP contribution in [0, 0.1) is 6.92 Å². The minimum absolute atomic E-state index is 0.227. The van der Waals surface area contributed by atoms with E-state index in [9.17, 15) is 9.59 Å². The summed E-state index contributed by atoms with van der Waals surface area (Å²) in [5.41, 5.74) is 4.08. The summed E-state index contributed by atoms with van der Waals surface area (Å²) < 4.78 is 10.9. The monoisotopic (exact) mass is 432 g/mol. The molecular formula is C26H28N2O4. The number of anilines is 2. The summed E-state index contributed by atoms with van der Waals surface area (Å²) in [4.78, 5) is 25.1. The maximum Gasteiger partial charge on any atom is 0.265 e. The van der Waals surface area contributed by atoms with Crippen LogP contribution in [-0.4, -0.2) is 25.0 Å². The van der Waals surface area contributed by atoms with Crippen LogP contribution in [0.4, 0.5) is 11.4 Å². The fourth-order valence-corrected chi connectivity index (χ4v) is 3.25. The molecule has 0 unspecified atom stereocenters. The highest BCUT2D eigenvalue weighted by atomic mass is 16.5. The van der Waals surface area contributed by atoms with Crippen LogP contribution in [0.25, 0.3) is 0 Å². The van der Waals surface area contributed by atoms with E-state index in [0.29, 0.717) is 17.0 Å². The Balaban J connectivity index is 1.59. The highest BCUT2D eigenvalue weighted by molar-refractivity contribution is 6.04. The van der Waals surface area contributed by atoms with Crippen LogP contribution in [-0.2, 0) is 11.2 Å². The molecule has 0 aliphatic carbocycles. The number of nitrogens with one attached hydrogen (secondary N) is 2. The second-order valence-electron chi connectivity index (χ2n) is 7.42. The van der Waals surface area contributed by atoms with E-state index in [0.717, 1.165) is 29.0 Å². The fraction of sp³-hybridized carbons (Fsp3) is 0.231. The standard InChI is InChI=1S/C26H28N2O4/c1-5-19-8-6-7-17(2)24(19)28-25(29)18(3)32-23-13-9-20(10-14-23)26(30)27-21-11-15-22(31-4)16-12-21/h6-16,18H,5H2,1-4H3,(H,27,30)(H,28,29)/t18-/m0/s1. The molecule has 0 aliphatic heterocycles. The molecule has 1 atom stereocenters. The second-order valence-corrected chi connectivity index (χ2v) is 7.42. The molecule has 6 nitrogen and oxygen atoms in total. The molecule has 0 radical (unpaired) electrons. The smallest absolute Gasteiger partial charge is 0.265 e. The first-order valence-corrected chi connectivity index (χ1v) is 10.5. The van der Waals surface area contributed by atoms with E-state index >= 15 is 0 Å². The molecule has 0 aliphatic rings. The van der Waals surface area contributed by atoms with Gasteiger partial charge in [-0.2, -0.15) is 0 Å². The number of hydrogen-bond acceptors (Lipinski definition) is 4. The first-order chi connectivity index (χ1) is 15.4. The summed E-state index contributed by atoms with van der Waals surface area (Å²) in [6.45, 7) is 5.72. The van der Waals surface area contributed by atoms with E-state index in [4.69, 9.17) is 9.47 Å². The topological polar surface area (TPSA) is 76.7 Å². The van der Waals surface area contributed by atoms with Crippen molar-refractivity contribution in [1.29, 1.82) is 0 Å². The van der Waals surface area contributed by atoms with Gasteiger partial charge in [-0.05, 0) is 79.9 Å². The maximum absolute atomic E-state index is 12.7. The van der Waals surface area contributed by atoms with Crippen molar-refractivity contribution in [3.05, 3.63) is 83.4 Å². The van der Waals surface area contributed by atoms with Gasteiger partial charge in [0.15, 0.2) is 6.10 Å². The molecule has 0 heterocycles. The number of benzene rings is 3. The van der Waals surface area contributed by atoms with E-state index in [2.05, 4.69) is 17.6 Å². The lowest BCUT2D eigenvalue weighted by atomic mass is 10.1. The average molecular weight is 433 g/mol. The van der Waals surface area contributed by atoms with Gasteiger partial charge in [-0.15, -0.1) is 0 Å². The zero-order chi connectivity index (χ0) is 23.1. The lowest BCUT2D eigenvalue weighted by molar-refractivity contribution is -0.122. The van der Waals surface area contributed by atoms with Gasteiger partial charge in [-0.1, -0.05) is 25.1 Å². The third-order valence-corrected chi connectivity index (χ3v) is 5.13.